The van der Waals surface area contributed by atoms with E-state index in [1.54, 1.807) is 12.1 Å². The van der Waals surface area contributed by atoms with Gasteiger partial charge in [-0.05, 0) is 55.5 Å². The van der Waals surface area contributed by atoms with Gasteiger partial charge in [0.05, 0.1) is 13.7 Å². The number of rotatable bonds is 5. The zero-order valence-corrected chi connectivity index (χ0v) is 12.1. The molecule has 0 saturated carbocycles. The number of anilines is 3. The van der Waals surface area contributed by atoms with Crippen LogP contribution in [0.2, 0.25) is 0 Å². The van der Waals surface area contributed by atoms with E-state index < -0.39 is 6.09 Å². The second-order valence-electron chi connectivity index (χ2n) is 4.28. The molecule has 0 aromatic heterocycles. The van der Waals surface area contributed by atoms with Crippen LogP contribution in [0.5, 0.6) is 5.75 Å². The fourth-order valence-electron chi connectivity index (χ4n) is 1.77. The third-order valence-corrected chi connectivity index (χ3v) is 2.77. The molecular weight excluding hydrogens is 268 g/mol. The molecule has 5 heteroatoms. The quantitative estimate of drug-likeness (QED) is 0.872. The van der Waals surface area contributed by atoms with E-state index in [0.717, 1.165) is 17.1 Å². The Kier molecular flexibility index (Phi) is 5.04. The van der Waals surface area contributed by atoms with Crippen LogP contribution in [0, 0.1) is 0 Å². The fraction of sp³-hybridized carbons (Fsp3) is 0.188. The summed E-state index contributed by atoms with van der Waals surface area (Å²) < 4.78 is 9.93. The minimum absolute atomic E-state index is 0.484. The number of carbonyl (C=O) groups is 1. The molecule has 5 nitrogen and oxygen atoms in total. The van der Waals surface area contributed by atoms with Gasteiger partial charge in [0.25, 0.3) is 0 Å². The summed E-state index contributed by atoms with van der Waals surface area (Å²) in [7, 11) is 1.33. The summed E-state index contributed by atoms with van der Waals surface area (Å²) in [5.41, 5.74) is 2.57. The number of amides is 1. The third-order valence-electron chi connectivity index (χ3n) is 2.77. The summed E-state index contributed by atoms with van der Waals surface area (Å²) in [5.74, 6) is 0.848. The maximum atomic E-state index is 11.1. The Morgan fingerprint density at radius 3 is 2.00 bits per heavy atom. The molecule has 0 bridgehead atoms. The van der Waals surface area contributed by atoms with Gasteiger partial charge in [0, 0.05) is 17.1 Å². The number of methoxy groups -OCH3 is 1. The van der Waals surface area contributed by atoms with Gasteiger partial charge in [-0.1, -0.05) is 0 Å². The van der Waals surface area contributed by atoms with Crippen LogP contribution in [0.3, 0.4) is 0 Å². The average molecular weight is 286 g/mol. The van der Waals surface area contributed by atoms with Gasteiger partial charge in [0.2, 0.25) is 0 Å². The predicted octanol–water partition coefficient (Wildman–Crippen LogP) is 4.01. The molecule has 1 amide bonds. The predicted molar refractivity (Wildman–Crippen MR) is 83.4 cm³/mol. The SMILES string of the molecule is CCOc1ccc(Nc2ccc(NC(=O)OC)cc2)cc1. The van der Waals surface area contributed by atoms with Crippen molar-refractivity contribution in [1.82, 2.24) is 0 Å². The first-order valence-corrected chi connectivity index (χ1v) is 6.66. The summed E-state index contributed by atoms with van der Waals surface area (Å²) >= 11 is 0. The number of ether oxygens (including phenoxy) is 2. The van der Waals surface area contributed by atoms with Gasteiger partial charge in [-0.15, -0.1) is 0 Å². The largest absolute Gasteiger partial charge is 0.494 e. The van der Waals surface area contributed by atoms with Crippen LogP contribution in [0.15, 0.2) is 48.5 Å². The first-order chi connectivity index (χ1) is 10.2. The molecule has 0 saturated heterocycles. The molecule has 0 radical (unpaired) electrons. The van der Waals surface area contributed by atoms with Crippen LogP contribution >= 0.6 is 0 Å². The molecule has 0 unspecified atom stereocenters. The van der Waals surface area contributed by atoms with Crippen LogP contribution in [-0.4, -0.2) is 19.8 Å². The number of hydrogen-bond acceptors (Lipinski definition) is 4. The molecule has 2 N–H and O–H groups in total. The number of nitrogens with one attached hydrogen (secondary N) is 2. The second kappa shape index (κ2) is 7.19. The molecule has 0 atom stereocenters. The van der Waals surface area contributed by atoms with Crippen LogP contribution < -0.4 is 15.4 Å². The minimum Gasteiger partial charge on any atom is -0.494 e. The Hall–Kier alpha value is -2.69. The Morgan fingerprint density at radius 1 is 0.952 bits per heavy atom. The van der Waals surface area contributed by atoms with Crippen molar-refractivity contribution in [2.24, 2.45) is 0 Å². The van der Waals surface area contributed by atoms with E-state index in [2.05, 4.69) is 15.4 Å². The van der Waals surface area contributed by atoms with Crippen molar-refractivity contribution in [2.45, 2.75) is 6.92 Å². The van der Waals surface area contributed by atoms with E-state index in [4.69, 9.17) is 4.74 Å². The van der Waals surface area contributed by atoms with Gasteiger partial charge in [-0.25, -0.2) is 4.79 Å². The molecular formula is C16H18N2O3. The molecule has 0 aliphatic rings. The Labute approximate surface area is 123 Å². The third kappa shape index (κ3) is 4.42. The van der Waals surface area contributed by atoms with Gasteiger partial charge in [-0.3, -0.25) is 5.32 Å². The van der Waals surface area contributed by atoms with Gasteiger partial charge in [0.15, 0.2) is 0 Å². The van der Waals surface area contributed by atoms with E-state index in [1.165, 1.54) is 7.11 Å². The van der Waals surface area contributed by atoms with Crippen molar-refractivity contribution in [3.8, 4) is 5.75 Å². The zero-order valence-electron chi connectivity index (χ0n) is 12.1. The zero-order chi connectivity index (χ0) is 15.1. The molecule has 2 aromatic carbocycles. The maximum Gasteiger partial charge on any atom is 0.411 e. The first kappa shape index (κ1) is 14.7. The van der Waals surface area contributed by atoms with Crippen molar-refractivity contribution in [2.75, 3.05) is 24.4 Å². The average Bonchev–Trinajstić information content (AvgIpc) is 2.51. The van der Waals surface area contributed by atoms with Crippen molar-refractivity contribution in [3.05, 3.63) is 48.5 Å². The van der Waals surface area contributed by atoms with Crippen LogP contribution in [-0.2, 0) is 4.74 Å². The lowest BCUT2D eigenvalue weighted by Gasteiger charge is -2.09. The lowest BCUT2D eigenvalue weighted by molar-refractivity contribution is 0.187. The van der Waals surface area contributed by atoms with E-state index in [9.17, 15) is 4.79 Å². The molecule has 110 valence electrons. The highest BCUT2D eigenvalue weighted by Gasteiger charge is 2.01. The van der Waals surface area contributed by atoms with Gasteiger partial charge in [-0.2, -0.15) is 0 Å². The maximum absolute atomic E-state index is 11.1. The Bertz CT molecular complexity index is 579. The highest BCUT2D eigenvalue weighted by molar-refractivity contribution is 5.84. The van der Waals surface area contributed by atoms with Crippen molar-refractivity contribution < 1.29 is 14.3 Å². The van der Waals surface area contributed by atoms with E-state index >= 15 is 0 Å². The van der Waals surface area contributed by atoms with E-state index in [0.29, 0.717) is 12.3 Å². The highest BCUT2D eigenvalue weighted by Crippen LogP contribution is 2.21. The minimum atomic E-state index is -0.484. The van der Waals surface area contributed by atoms with Crippen molar-refractivity contribution in [1.29, 1.82) is 0 Å². The van der Waals surface area contributed by atoms with Crippen molar-refractivity contribution in [3.63, 3.8) is 0 Å². The second-order valence-corrected chi connectivity index (χ2v) is 4.28. The topological polar surface area (TPSA) is 59.6 Å². The smallest absolute Gasteiger partial charge is 0.411 e. The number of benzene rings is 2. The van der Waals surface area contributed by atoms with Crippen LogP contribution in [0.1, 0.15) is 6.92 Å². The Balaban J connectivity index is 1.97. The summed E-state index contributed by atoms with van der Waals surface area (Å²) in [6.45, 7) is 2.61. The van der Waals surface area contributed by atoms with Crippen LogP contribution in [0.4, 0.5) is 21.9 Å². The molecule has 0 aliphatic heterocycles. The highest BCUT2D eigenvalue weighted by atomic mass is 16.5. The lowest BCUT2D eigenvalue weighted by Crippen LogP contribution is -2.10. The van der Waals surface area contributed by atoms with Gasteiger partial charge < -0.3 is 14.8 Å². The molecule has 0 aliphatic carbocycles. The molecule has 2 rings (SSSR count). The summed E-state index contributed by atoms with van der Waals surface area (Å²) in [6.07, 6.45) is -0.484. The molecule has 21 heavy (non-hydrogen) atoms. The van der Waals surface area contributed by atoms with E-state index in [1.807, 2.05) is 43.3 Å². The number of hydrogen-bond donors (Lipinski definition) is 2. The summed E-state index contributed by atoms with van der Waals surface area (Å²) in [4.78, 5) is 11.1. The first-order valence-electron chi connectivity index (χ1n) is 6.66. The Morgan fingerprint density at radius 2 is 1.48 bits per heavy atom. The van der Waals surface area contributed by atoms with Crippen LogP contribution in [0.25, 0.3) is 0 Å². The molecule has 0 fully saturated rings. The normalized spacial score (nSPS) is 9.81. The molecule has 0 spiro atoms. The van der Waals surface area contributed by atoms with Crippen molar-refractivity contribution >= 4 is 23.2 Å². The molecule has 2 aromatic rings. The number of carbonyl (C=O) groups excluding carboxylic acids is 1. The molecule has 0 heterocycles. The van der Waals surface area contributed by atoms with Gasteiger partial charge >= 0.3 is 6.09 Å². The lowest BCUT2D eigenvalue weighted by atomic mass is 10.2. The van der Waals surface area contributed by atoms with E-state index in [-0.39, 0.29) is 0 Å². The standard InChI is InChI=1S/C16H18N2O3/c1-3-21-15-10-8-13(9-11-15)17-12-4-6-14(7-5-12)18-16(19)20-2/h4-11,17H,3H2,1-2H3,(H,18,19). The monoisotopic (exact) mass is 286 g/mol. The van der Waals surface area contributed by atoms with Gasteiger partial charge in [0.1, 0.15) is 5.75 Å². The fourth-order valence-corrected chi connectivity index (χ4v) is 1.77. The summed E-state index contributed by atoms with van der Waals surface area (Å²) in [6, 6.07) is 15.1. The summed E-state index contributed by atoms with van der Waals surface area (Å²) in [5, 5.41) is 5.87.